The van der Waals surface area contributed by atoms with Gasteiger partial charge in [-0.25, -0.2) is 9.37 Å². The molecule has 2 aromatic rings. The fraction of sp³-hybridized carbons (Fsp3) is 0.154. The molecule has 1 aromatic heterocycles. The number of halogens is 3. The van der Waals surface area contributed by atoms with E-state index in [9.17, 15) is 4.39 Å². The Morgan fingerprint density at radius 3 is 2.80 bits per heavy atom. The van der Waals surface area contributed by atoms with E-state index in [1.165, 1.54) is 12.1 Å². The second kappa shape index (κ2) is 5.89. The summed E-state index contributed by atoms with van der Waals surface area (Å²) in [6.45, 7) is 1.72. The number of hydrogen-bond donors (Lipinski definition) is 1. The summed E-state index contributed by atoms with van der Waals surface area (Å²) in [7, 11) is 1.87. The molecule has 0 aliphatic heterocycles. The van der Waals surface area contributed by atoms with Gasteiger partial charge in [-0.15, -0.1) is 0 Å². The SMILES string of the molecule is Bc1cnc(N)c(OC(C)c2c(Cl)ccc(F)c2Cl)c1. The van der Waals surface area contributed by atoms with Crippen molar-refractivity contribution in [3.8, 4) is 5.75 Å². The molecule has 3 nitrogen and oxygen atoms in total. The van der Waals surface area contributed by atoms with Gasteiger partial charge in [0.25, 0.3) is 0 Å². The number of pyridine rings is 1. The number of rotatable bonds is 3. The van der Waals surface area contributed by atoms with Crippen LogP contribution in [0.1, 0.15) is 18.6 Å². The summed E-state index contributed by atoms with van der Waals surface area (Å²) in [5, 5.41) is 0.285. The van der Waals surface area contributed by atoms with Crippen LogP contribution in [0.2, 0.25) is 10.0 Å². The van der Waals surface area contributed by atoms with E-state index in [1.54, 1.807) is 19.2 Å². The van der Waals surface area contributed by atoms with Gasteiger partial charge in [-0.3, -0.25) is 0 Å². The van der Waals surface area contributed by atoms with E-state index in [0.29, 0.717) is 16.3 Å². The first kappa shape index (κ1) is 14.9. The van der Waals surface area contributed by atoms with Gasteiger partial charge >= 0.3 is 0 Å². The Morgan fingerprint density at radius 2 is 2.10 bits per heavy atom. The van der Waals surface area contributed by atoms with Gasteiger partial charge in [-0.1, -0.05) is 28.7 Å². The van der Waals surface area contributed by atoms with Gasteiger partial charge in [0.05, 0.1) is 5.02 Å². The molecule has 1 unspecified atom stereocenters. The molecule has 7 heteroatoms. The van der Waals surface area contributed by atoms with Crippen LogP contribution in [-0.4, -0.2) is 12.8 Å². The summed E-state index contributed by atoms with van der Waals surface area (Å²) >= 11 is 12.0. The quantitative estimate of drug-likeness (QED) is 0.700. The number of ether oxygens (including phenoxy) is 1. The average molecular weight is 313 g/mol. The third kappa shape index (κ3) is 2.99. The molecule has 20 heavy (non-hydrogen) atoms. The average Bonchev–Trinajstić information content (AvgIpc) is 2.39. The van der Waals surface area contributed by atoms with Crippen molar-refractivity contribution in [2.75, 3.05) is 5.73 Å². The highest BCUT2D eigenvalue weighted by atomic mass is 35.5. The molecule has 1 atom stereocenters. The molecule has 0 amide bonds. The fourth-order valence-electron chi connectivity index (χ4n) is 1.81. The van der Waals surface area contributed by atoms with Crippen LogP contribution >= 0.6 is 23.2 Å². The zero-order chi connectivity index (χ0) is 14.9. The van der Waals surface area contributed by atoms with Crippen molar-refractivity contribution in [1.29, 1.82) is 0 Å². The van der Waals surface area contributed by atoms with Gasteiger partial charge in [-0.05, 0) is 25.1 Å². The van der Waals surface area contributed by atoms with Crippen molar-refractivity contribution in [1.82, 2.24) is 4.98 Å². The number of nitrogens with two attached hydrogens (primary N) is 1. The second-order valence-electron chi connectivity index (χ2n) is 4.41. The summed E-state index contributed by atoms with van der Waals surface area (Å²) in [6, 6.07) is 4.40. The number of benzene rings is 1. The van der Waals surface area contributed by atoms with Gasteiger partial charge in [0, 0.05) is 16.8 Å². The summed E-state index contributed by atoms with van der Waals surface area (Å²) in [6.07, 6.45) is 1.08. The lowest BCUT2D eigenvalue weighted by Crippen LogP contribution is -2.11. The van der Waals surface area contributed by atoms with Crippen molar-refractivity contribution < 1.29 is 9.13 Å². The number of nitrogen functional groups attached to an aromatic ring is 1. The minimum atomic E-state index is -0.559. The number of anilines is 1. The Hall–Kier alpha value is -1.46. The predicted octanol–water partition coefficient (Wildman–Crippen LogP) is 2.51. The molecule has 0 spiro atoms. The van der Waals surface area contributed by atoms with Crippen LogP contribution in [0.25, 0.3) is 0 Å². The zero-order valence-electron chi connectivity index (χ0n) is 11.0. The normalized spacial score (nSPS) is 12.2. The van der Waals surface area contributed by atoms with Gasteiger partial charge < -0.3 is 10.5 Å². The third-order valence-electron chi connectivity index (χ3n) is 2.81. The molecule has 1 aromatic carbocycles. The molecule has 104 valence electrons. The Morgan fingerprint density at radius 1 is 1.40 bits per heavy atom. The highest BCUT2D eigenvalue weighted by Gasteiger charge is 2.19. The van der Waals surface area contributed by atoms with Crippen molar-refractivity contribution in [2.45, 2.75) is 13.0 Å². The van der Waals surface area contributed by atoms with Crippen LogP contribution in [0.15, 0.2) is 24.4 Å². The molecule has 2 rings (SSSR count). The maximum absolute atomic E-state index is 13.5. The Balaban J connectivity index is 2.35. The van der Waals surface area contributed by atoms with Crippen molar-refractivity contribution in [3.63, 3.8) is 0 Å². The van der Waals surface area contributed by atoms with Crippen LogP contribution < -0.4 is 15.9 Å². The molecule has 0 fully saturated rings. The summed E-state index contributed by atoms with van der Waals surface area (Å²) in [5.41, 5.74) is 7.03. The molecular weight excluding hydrogens is 301 g/mol. The lowest BCUT2D eigenvalue weighted by molar-refractivity contribution is 0.227. The van der Waals surface area contributed by atoms with Crippen molar-refractivity contribution in [3.05, 3.63) is 45.8 Å². The molecule has 1 heterocycles. The van der Waals surface area contributed by atoms with Gasteiger partial charge in [0.2, 0.25) is 0 Å². The molecule has 0 saturated heterocycles. The standard InChI is InChI=1S/C13H12BCl2FN2O/c1-6(11-8(15)2-3-9(17)12(11)16)20-10-4-7(14)5-19-13(10)18/h2-6H,14H2,1H3,(H2,18,19). The van der Waals surface area contributed by atoms with Gasteiger partial charge in [0.15, 0.2) is 11.6 Å². The van der Waals surface area contributed by atoms with Gasteiger partial charge in [-0.2, -0.15) is 0 Å². The minimum Gasteiger partial charge on any atom is -0.482 e. The molecular formula is C13H12BCl2FN2O. The van der Waals surface area contributed by atoms with E-state index in [2.05, 4.69) is 4.98 Å². The van der Waals surface area contributed by atoms with Crippen LogP contribution in [0, 0.1) is 5.82 Å². The first-order valence-corrected chi connectivity index (χ1v) is 6.68. The maximum Gasteiger partial charge on any atom is 0.166 e. The topological polar surface area (TPSA) is 48.1 Å². The maximum atomic E-state index is 13.5. The highest BCUT2D eigenvalue weighted by Crippen LogP contribution is 2.35. The Kier molecular flexibility index (Phi) is 4.40. The van der Waals surface area contributed by atoms with Gasteiger partial charge in [0.1, 0.15) is 19.8 Å². The third-order valence-corrected chi connectivity index (χ3v) is 3.52. The molecule has 0 saturated carbocycles. The molecule has 2 N–H and O–H groups in total. The predicted molar refractivity (Wildman–Crippen MR) is 82.3 cm³/mol. The van der Waals surface area contributed by atoms with Crippen molar-refractivity contribution in [2.24, 2.45) is 0 Å². The lowest BCUT2D eigenvalue weighted by Gasteiger charge is -2.19. The largest absolute Gasteiger partial charge is 0.482 e. The van der Waals surface area contributed by atoms with E-state index >= 15 is 0 Å². The van der Waals surface area contributed by atoms with Crippen LogP contribution in [0.5, 0.6) is 5.75 Å². The lowest BCUT2D eigenvalue weighted by atomic mass is 9.99. The molecule has 0 radical (unpaired) electrons. The molecule has 0 aliphatic rings. The van der Waals surface area contributed by atoms with Crippen LogP contribution in [0.4, 0.5) is 10.2 Å². The van der Waals surface area contributed by atoms with Crippen molar-refractivity contribution >= 4 is 42.3 Å². The second-order valence-corrected chi connectivity index (χ2v) is 5.20. The Bertz CT molecular complexity index is 655. The minimum absolute atomic E-state index is 0.0517. The molecule has 0 aliphatic carbocycles. The van der Waals surface area contributed by atoms with Crippen LogP contribution in [-0.2, 0) is 0 Å². The summed E-state index contributed by atoms with van der Waals surface area (Å²) in [5.74, 6) is 0.122. The smallest absolute Gasteiger partial charge is 0.166 e. The van der Waals surface area contributed by atoms with Crippen LogP contribution in [0.3, 0.4) is 0 Å². The summed E-state index contributed by atoms with van der Waals surface area (Å²) in [4.78, 5) is 4.00. The summed E-state index contributed by atoms with van der Waals surface area (Å²) < 4.78 is 19.2. The Labute approximate surface area is 127 Å². The number of nitrogens with zero attached hydrogens (tertiary/aromatic N) is 1. The van der Waals surface area contributed by atoms with E-state index in [-0.39, 0.29) is 10.8 Å². The number of hydrogen-bond acceptors (Lipinski definition) is 3. The first-order valence-electron chi connectivity index (χ1n) is 5.92. The van der Waals surface area contributed by atoms with E-state index < -0.39 is 11.9 Å². The fourth-order valence-corrected chi connectivity index (χ4v) is 2.49. The first-order chi connectivity index (χ1) is 9.40. The van der Waals surface area contributed by atoms with E-state index in [1.807, 2.05) is 7.85 Å². The monoisotopic (exact) mass is 312 g/mol. The highest BCUT2D eigenvalue weighted by molar-refractivity contribution is 6.36. The zero-order valence-corrected chi connectivity index (χ0v) is 12.5. The molecule has 0 bridgehead atoms. The van der Waals surface area contributed by atoms with E-state index in [0.717, 1.165) is 5.46 Å². The van der Waals surface area contributed by atoms with E-state index in [4.69, 9.17) is 33.7 Å². The number of aromatic nitrogens is 1.